The number of benzene rings is 7. The van der Waals surface area contributed by atoms with E-state index in [0.717, 1.165) is 39.3 Å². The maximum Gasteiger partial charge on any atom is 0.161 e. The Bertz CT molecular complexity index is 2490. The van der Waals surface area contributed by atoms with Crippen molar-refractivity contribution in [3.63, 3.8) is 0 Å². The summed E-state index contributed by atoms with van der Waals surface area (Å²) < 4.78 is 0. The van der Waals surface area contributed by atoms with E-state index in [1.807, 2.05) is 6.07 Å². The summed E-state index contributed by atoms with van der Waals surface area (Å²) in [5.41, 5.74) is 12.9. The molecule has 0 saturated carbocycles. The van der Waals surface area contributed by atoms with Gasteiger partial charge >= 0.3 is 0 Å². The first-order chi connectivity index (χ1) is 23.1. The molecule has 222 valence electrons. The average molecular weight is 601 g/mol. The van der Waals surface area contributed by atoms with E-state index < -0.39 is 0 Å². The first kappa shape index (κ1) is 27.5. The van der Waals surface area contributed by atoms with Crippen LogP contribution in [0.15, 0.2) is 158 Å². The van der Waals surface area contributed by atoms with E-state index >= 15 is 0 Å². The zero-order valence-corrected chi connectivity index (χ0v) is 26.4. The van der Waals surface area contributed by atoms with Crippen molar-refractivity contribution in [1.29, 1.82) is 0 Å². The lowest BCUT2D eigenvalue weighted by Gasteiger charge is -2.25. The van der Waals surface area contributed by atoms with Crippen LogP contribution in [-0.4, -0.2) is 9.97 Å². The Morgan fingerprint density at radius 1 is 0.404 bits per heavy atom. The third-order valence-corrected chi connectivity index (χ3v) is 9.90. The van der Waals surface area contributed by atoms with Gasteiger partial charge in [0, 0.05) is 22.1 Å². The standard InChI is InChI=1S/C45H32N2/c1-45(2)40-25-11-10-21-35(40)38-23-13-22-37(43(38)45)34-26-27-36(33-20-9-8-19-32(33)34)42-28-41(30-15-4-3-5-16-30)46-44(47-42)39-24-12-17-29-14-6-7-18-31(29)39/h3-28H,1-2H3. The molecule has 0 atom stereocenters. The van der Waals surface area contributed by atoms with Crippen LogP contribution in [0.3, 0.4) is 0 Å². The first-order valence-electron chi connectivity index (χ1n) is 16.3. The molecule has 0 saturated heterocycles. The minimum Gasteiger partial charge on any atom is -0.228 e. The number of hydrogen-bond acceptors (Lipinski definition) is 2. The van der Waals surface area contributed by atoms with Crippen molar-refractivity contribution in [1.82, 2.24) is 9.97 Å². The second-order valence-electron chi connectivity index (χ2n) is 13.0. The molecule has 9 rings (SSSR count). The average Bonchev–Trinajstić information content (AvgIpc) is 3.37. The minimum atomic E-state index is -0.104. The van der Waals surface area contributed by atoms with Crippen molar-refractivity contribution in [2.24, 2.45) is 0 Å². The van der Waals surface area contributed by atoms with Crippen molar-refractivity contribution in [3.05, 3.63) is 169 Å². The number of fused-ring (bicyclic) bond motifs is 5. The lowest BCUT2D eigenvalue weighted by molar-refractivity contribution is 0.662. The van der Waals surface area contributed by atoms with Crippen molar-refractivity contribution in [2.75, 3.05) is 0 Å². The highest BCUT2D eigenvalue weighted by Gasteiger charge is 2.37. The highest BCUT2D eigenvalue weighted by Crippen LogP contribution is 2.53. The van der Waals surface area contributed by atoms with Crippen LogP contribution >= 0.6 is 0 Å². The molecular formula is C45H32N2. The van der Waals surface area contributed by atoms with E-state index in [9.17, 15) is 0 Å². The van der Waals surface area contributed by atoms with Crippen molar-refractivity contribution < 1.29 is 0 Å². The van der Waals surface area contributed by atoms with Gasteiger partial charge in [0.05, 0.1) is 11.4 Å². The Morgan fingerprint density at radius 3 is 1.79 bits per heavy atom. The normalized spacial score (nSPS) is 13.1. The van der Waals surface area contributed by atoms with Crippen LogP contribution in [0.1, 0.15) is 25.0 Å². The molecular weight excluding hydrogens is 569 g/mol. The molecule has 0 spiro atoms. The van der Waals surface area contributed by atoms with Gasteiger partial charge in [0.1, 0.15) is 0 Å². The van der Waals surface area contributed by atoms with Crippen LogP contribution in [0, 0.1) is 0 Å². The number of rotatable bonds is 4. The molecule has 1 aliphatic carbocycles. The minimum absolute atomic E-state index is 0.104. The van der Waals surface area contributed by atoms with E-state index in [2.05, 4.69) is 166 Å². The zero-order valence-electron chi connectivity index (χ0n) is 26.4. The molecule has 0 fully saturated rings. The highest BCUT2D eigenvalue weighted by molar-refractivity contribution is 6.06. The Hall–Kier alpha value is -5.86. The van der Waals surface area contributed by atoms with Gasteiger partial charge in [0.2, 0.25) is 0 Å². The van der Waals surface area contributed by atoms with E-state index in [1.165, 1.54) is 49.5 Å². The van der Waals surface area contributed by atoms with Gasteiger partial charge in [-0.2, -0.15) is 0 Å². The summed E-state index contributed by atoms with van der Waals surface area (Å²) in [6, 6.07) is 56.4. The predicted molar refractivity (Wildman–Crippen MR) is 196 cm³/mol. The fraction of sp³-hybridized carbons (Fsp3) is 0.0667. The lowest BCUT2D eigenvalue weighted by atomic mass is 9.78. The van der Waals surface area contributed by atoms with Gasteiger partial charge in [-0.25, -0.2) is 9.97 Å². The molecule has 2 heteroatoms. The maximum absolute atomic E-state index is 5.30. The van der Waals surface area contributed by atoms with Crippen LogP contribution in [0.4, 0.5) is 0 Å². The maximum atomic E-state index is 5.30. The molecule has 2 nitrogen and oxygen atoms in total. The largest absolute Gasteiger partial charge is 0.228 e. The third-order valence-electron chi connectivity index (χ3n) is 9.90. The topological polar surface area (TPSA) is 25.8 Å². The summed E-state index contributed by atoms with van der Waals surface area (Å²) in [6.07, 6.45) is 0. The summed E-state index contributed by atoms with van der Waals surface area (Å²) in [5.74, 6) is 0.728. The molecule has 0 bridgehead atoms. The summed E-state index contributed by atoms with van der Waals surface area (Å²) in [5, 5.41) is 4.72. The predicted octanol–water partition coefficient (Wildman–Crippen LogP) is 11.8. The summed E-state index contributed by atoms with van der Waals surface area (Å²) in [6.45, 7) is 4.72. The fourth-order valence-corrected chi connectivity index (χ4v) is 7.71. The van der Waals surface area contributed by atoms with Crippen molar-refractivity contribution in [2.45, 2.75) is 19.3 Å². The van der Waals surface area contributed by atoms with E-state index in [1.54, 1.807) is 0 Å². The lowest BCUT2D eigenvalue weighted by Crippen LogP contribution is -2.16. The van der Waals surface area contributed by atoms with Crippen molar-refractivity contribution in [3.8, 4) is 56.2 Å². The molecule has 8 aromatic rings. The fourth-order valence-electron chi connectivity index (χ4n) is 7.71. The molecule has 1 aliphatic rings. The molecule has 0 unspecified atom stereocenters. The molecule has 1 aromatic heterocycles. The van der Waals surface area contributed by atoms with Crippen molar-refractivity contribution >= 4 is 21.5 Å². The number of nitrogens with zero attached hydrogens (tertiary/aromatic N) is 2. The highest BCUT2D eigenvalue weighted by atomic mass is 14.9. The molecule has 47 heavy (non-hydrogen) atoms. The molecule has 7 aromatic carbocycles. The molecule has 0 N–H and O–H groups in total. The van der Waals surface area contributed by atoms with Gasteiger partial charge < -0.3 is 0 Å². The molecule has 1 heterocycles. The quantitative estimate of drug-likeness (QED) is 0.201. The second kappa shape index (κ2) is 10.6. The van der Waals surface area contributed by atoms with Gasteiger partial charge in [0.15, 0.2) is 5.82 Å². The van der Waals surface area contributed by atoms with Gasteiger partial charge in [-0.05, 0) is 61.0 Å². The smallest absolute Gasteiger partial charge is 0.161 e. The Labute approximate surface area is 275 Å². The van der Waals surface area contributed by atoms with Gasteiger partial charge in [-0.1, -0.05) is 166 Å². The molecule has 0 radical (unpaired) electrons. The molecule has 0 aliphatic heterocycles. The van der Waals surface area contributed by atoms with Gasteiger partial charge in [-0.3, -0.25) is 0 Å². The van der Waals surface area contributed by atoms with E-state index in [0.29, 0.717) is 0 Å². The Kier molecular flexibility index (Phi) is 6.20. The Morgan fingerprint density at radius 2 is 0.957 bits per heavy atom. The van der Waals surface area contributed by atoms with Crippen LogP contribution in [-0.2, 0) is 5.41 Å². The van der Waals surface area contributed by atoms with E-state index in [4.69, 9.17) is 9.97 Å². The third kappa shape index (κ3) is 4.33. The van der Waals surface area contributed by atoms with E-state index in [-0.39, 0.29) is 5.41 Å². The SMILES string of the molecule is CC1(C)c2ccccc2-c2cccc(-c3ccc(-c4cc(-c5ccccc5)nc(-c5cccc6ccccc56)n4)c4ccccc34)c21. The van der Waals surface area contributed by atoms with Gasteiger partial charge in [-0.15, -0.1) is 0 Å². The summed E-state index contributed by atoms with van der Waals surface area (Å²) in [7, 11) is 0. The van der Waals surface area contributed by atoms with Crippen LogP contribution in [0.5, 0.6) is 0 Å². The van der Waals surface area contributed by atoms with Crippen LogP contribution in [0.25, 0.3) is 77.7 Å². The summed E-state index contributed by atoms with van der Waals surface area (Å²) in [4.78, 5) is 10.5. The monoisotopic (exact) mass is 600 g/mol. The number of aromatic nitrogens is 2. The van der Waals surface area contributed by atoms with Gasteiger partial charge in [0.25, 0.3) is 0 Å². The first-order valence-corrected chi connectivity index (χ1v) is 16.3. The van der Waals surface area contributed by atoms with Crippen LogP contribution in [0.2, 0.25) is 0 Å². The second-order valence-corrected chi connectivity index (χ2v) is 13.0. The number of hydrogen-bond donors (Lipinski definition) is 0. The zero-order chi connectivity index (χ0) is 31.5. The molecule has 0 amide bonds. The Balaban J connectivity index is 1.28. The van der Waals surface area contributed by atoms with Crippen LogP contribution < -0.4 is 0 Å². The summed E-state index contributed by atoms with van der Waals surface area (Å²) >= 11 is 0.